The Hall–Kier alpha value is -1.59. The molecule has 0 saturated carbocycles. The normalized spacial score (nSPS) is 19.3. The van der Waals surface area contributed by atoms with Crippen molar-refractivity contribution in [1.29, 1.82) is 0 Å². The highest BCUT2D eigenvalue weighted by Crippen LogP contribution is 2.34. The molecule has 1 aliphatic rings. The summed E-state index contributed by atoms with van der Waals surface area (Å²) in [7, 11) is 0. The van der Waals surface area contributed by atoms with Gasteiger partial charge in [0.25, 0.3) is 0 Å². The zero-order chi connectivity index (χ0) is 13.4. The van der Waals surface area contributed by atoms with E-state index in [1.807, 2.05) is 35.4 Å². The largest absolute Gasteiger partial charge is 0.480 e. The van der Waals surface area contributed by atoms with Gasteiger partial charge in [-0.05, 0) is 42.5 Å². The Bertz CT molecular complexity index is 601. The van der Waals surface area contributed by atoms with Gasteiger partial charge < -0.3 is 9.52 Å². The van der Waals surface area contributed by atoms with Crippen LogP contribution < -0.4 is 0 Å². The van der Waals surface area contributed by atoms with Gasteiger partial charge in [-0.2, -0.15) is 0 Å². The Morgan fingerprint density at radius 1 is 1.53 bits per heavy atom. The van der Waals surface area contributed by atoms with Gasteiger partial charge in [0.1, 0.15) is 17.6 Å². The standard InChI is InChI=1S/C14H15NO3S/c1-9-2-3-10(18-9)8-15-6-4-12-11(5-7-19-12)13(15)14(16)17/h2-3,5,7,13H,4,6,8H2,1H3,(H,16,17). The maximum absolute atomic E-state index is 11.6. The first-order valence-corrected chi connectivity index (χ1v) is 7.11. The lowest BCUT2D eigenvalue weighted by molar-refractivity contribution is -0.144. The molecule has 1 atom stereocenters. The number of furan rings is 1. The van der Waals surface area contributed by atoms with Gasteiger partial charge in [-0.3, -0.25) is 9.69 Å². The predicted octanol–water partition coefficient (Wildman–Crippen LogP) is 2.83. The fourth-order valence-electron chi connectivity index (χ4n) is 2.60. The number of nitrogens with zero attached hydrogens (tertiary/aromatic N) is 1. The molecule has 5 heteroatoms. The van der Waals surface area contributed by atoms with Crippen molar-refractivity contribution in [2.75, 3.05) is 6.54 Å². The van der Waals surface area contributed by atoms with Crippen molar-refractivity contribution in [2.45, 2.75) is 25.9 Å². The van der Waals surface area contributed by atoms with Gasteiger partial charge in [-0.25, -0.2) is 0 Å². The van der Waals surface area contributed by atoms with Crippen LogP contribution in [0, 0.1) is 6.92 Å². The van der Waals surface area contributed by atoms with Gasteiger partial charge in [-0.1, -0.05) is 0 Å². The van der Waals surface area contributed by atoms with Gasteiger partial charge in [0.15, 0.2) is 0 Å². The molecule has 2 aromatic heterocycles. The molecule has 4 nitrogen and oxygen atoms in total. The predicted molar refractivity (Wildman–Crippen MR) is 72.3 cm³/mol. The number of thiophene rings is 1. The molecule has 0 saturated heterocycles. The van der Waals surface area contributed by atoms with Gasteiger partial charge in [0.2, 0.25) is 0 Å². The maximum Gasteiger partial charge on any atom is 0.325 e. The third-order valence-corrected chi connectivity index (χ3v) is 4.45. The van der Waals surface area contributed by atoms with Crippen LogP contribution in [0.25, 0.3) is 0 Å². The Labute approximate surface area is 115 Å². The van der Waals surface area contributed by atoms with E-state index in [4.69, 9.17) is 4.42 Å². The number of hydrogen-bond acceptors (Lipinski definition) is 4. The average molecular weight is 277 g/mol. The van der Waals surface area contributed by atoms with Crippen molar-refractivity contribution in [3.63, 3.8) is 0 Å². The summed E-state index contributed by atoms with van der Waals surface area (Å²) in [6.07, 6.45) is 0.913. The van der Waals surface area contributed by atoms with Crippen LogP contribution in [0.3, 0.4) is 0 Å². The van der Waals surface area contributed by atoms with Gasteiger partial charge in [0, 0.05) is 11.4 Å². The lowest BCUT2D eigenvalue weighted by Gasteiger charge is -2.32. The molecule has 19 heavy (non-hydrogen) atoms. The maximum atomic E-state index is 11.6. The Balaban J connectivity index is 1.87. The first kappa shape index (κ1) is 12.4. The zero-order valence-corrected chi connectivity index (χ0v) is 11.4. The molecule has 1 aliphatic heterocycles. The van der Waals surface area contributed by atoms with Crippen molar-refractivity contribution in [3.8, 4) is 0 Å². The minimum atomic E-state index is -0.789. The molecular weight excluding hydrogens is 262 g/mol. The van der Waals surface area contributed by atoms with Crippen LogP contribution in [0.2, 0.25) is 0 Å². The first-order valence-electron chi connectivity index (χ1n) is 6.23. The molecular formula is C14H15NO3S. The number of carboxylic acid groups (broad SMARTS) is 1. The molecule has 3 rings (SSSR count). The van der Waals surface area contributed by atoms with Gasteiger partial charge >= 0.3 is 5.97 Å². The highest BCUT2D eigenvalue weighted by Gasteiger charge is 2.33. The van der Waals surface area contributed by atoms with E-state index in [1.165, 1.54) is 4.88 Å². The Kier molecular flexibility index (Phi) is 3.16. The Morgan fingerprint density at radius 3 is 3.05 bits per heavy atom. The quantitative estimate of drug-likeness (QED) is 0.937. The minimum Gasteiger partial charge on any atom is -0.480 e. The number of rotatable bonds is 3. The molecule has 0 spiro atoms. The van der Waals surface area contributed by atoms with E-state index in [-0.39, 0.29) is 0 Å². The van der Waals surface area contributed by atoms with Crippen molar-refractivity contribution < 1.29 is 14.3 Å². The molecule has 0 bridgehead atoms. The zero-order valence-electron chi connectivity index (χ0n) is 10.6. The van der Waals surface area contributed by atoms with E-state index < -0.39 is 12.0 Å². The third kappa shape index (κ3) is 2.31. The van der Waals surface area contributed by atoms with Crippen LogP contribution in [0.5, 0.6) is 0 Å². The van der Waals surface area contributed by atoms with E-state index in [9.17, 15) is 9.90 Å². The van der Waals surface area contributed by atoms with E-state index in [1.54, 1.807) is 11.3 Å². The van der Waals surface area contributed by atoms with Crippen LogP contribution in [0.4, 0.5) is 0 Å². The Morgan fingerprint density at radius 2 is 2.37 bits per heavy atom. The molecule has 1 N–H and O–H groups in total. The van der Waals surface area contributed by atoms with E-state index in [2.05, 4.69) is 0 Å². The SMILES string of the molecule is Cc1ccc(CN2CCc3sccc3C2C(=O)O)o1. The molecule has 0 aromatic carbocycles. The molecule has 2 aromatic rings. The van der Waals surface area contributed by atoms with Crippen LogP contribution >= 0.6 is 11.3 Å². The molecule has 0 amide bonds. The van der Waals surface area contributed by atoms with E-state index >= 15 is 0 Å². The van der Waals surface area contributed by atoms with Crippen LogP contribution in [0.15, 0.2) is 28.0 Å². The summed E-state index contributed by atoms with van der Waals surface area (Å²) in [5.41, 5.74) is 0.937. The second kappa shape index (κ2) is 4.83. The number of carbonyl (C=O) groups is 1. The molecule has 0 radical (unpaired) electrons. The number of fused-ring (bicyclic) bond motifs is 1. The average Bonchev–Trinajstić information content (AvgIpc) is 2.97. The summed E-state index contributed by atoms with van der Waals surface area (Å²) in [5, 5.41) is 11.5. The summed E-state index contributed by atoms with van der Waals surface area (Å²) in [6.45, 7) is 3.19. The highest BCUT2D eigenvalue weighted by atomic mass is 32.1. The fourth-order valence-corrected chi connectivity index (χ4v) is 3.50. The first-order chi connectivity index (χ1) is 9.15. The minimum absolute atomic E-state index is 0.542. The second-order valence-corrected chi connectivity index (χ2v) is 5.77. The highest BCUT2D eigenvalue weighted by molar-refractivity contribution is 7.10. The monoisotopic (exact) mass is 277 g/mol. The van der Waals surface area contributed by atoms with E-state index in [0.717, 1.165) is 30.0 Å². The number of carboxylic acids is 1. The van der Waals surface area contributed by atoms with Crippen molar-refractivity contribution in [3.05, 3.63) is 45.5 Å². The van der Waals surface area contributed by atoms with Crippen molar-refractivity contribution in [1.82, 2.24) is 4.90 Å². The van der Waals surface area contributed by atoms with E-state index in [0.29, 0.717) is 6.54 Å². The van der Waals surface area contributed by atoms with Crippen LogP contribution in [-0.4, -0.2) is 22.5 Å². The number of aliphatic carboxylic acids is 1. The smallest absolute Gasteiger partial charge is 0.325 e. The van der Waals surface area contributed by atoms with Crippen molar-refractivity contribution in [2.24, 2.45) is 0 Å². The lowest BCUT2D eigenvalue weighted by Crippen LogP contribution is -2.38. The number of aryl methyl sites for hydroxylation is 1. The lowest BCUT2D eigenvalue weighted by atomic mass is 10.00. The third-order valence-electron chi connectivity index (χ3n) is 3.45. The van der Waals surface area contributed by atoms with Crippen LogP contribution in [-0.2, 0) is 17.8 Å². The summed E-state index contributed by atoms with van der Waals surface area (Å²) in [6, 6.07) is 5.20. The van der Waals surface area contributed by atoms with Gasteiger partial charge in [0.05, 0.1) is 6.54 Å². The molecule has 0 aliphatic carbocycles. The topological polar surface area (TPSA) is 53.7 Å². The second-order valence-electron chi connectivity index (χ2n) is 4.77. The van der Waals surface area contributed by atoms with Gasteiger partial charge in [-0.15, -0.1) is 11.3 Å². The summed E-state index contributed by atoms with van der Waals surface area (Å²) in [4.78, 5) is 14.7. The number of hydrogen-bond donors (Lipinski definition) is 1. The summed E-state index contributed by atoms with van der Waals surface area (Å²) < 4.78 is 5.55. The summed E-state index contributed by atoms with van der Waals surface area (Å²) >= 11 is 1.65. The molecule has 100 valence electrons. The molecule has 0 fully saturated rings. The fraction of sp³-hybridized carbons (Fsp3) is 0.357. The molecule has 1 unspecified atom stereocenters. The van der Waals surface area contributed by atoms with Crippen molar-refractivity contribution >= 4 is 17.3 Å². The van der Waals surface area contributed by atoms with Crippen LogP contribution in [0.1, 0.15) is 28.0 Å². The summed E-state index contributed by atoms with van der Waals surface area (Å²) in [5.74, 6) is 0.889. The molecule has 3 heterocycles.